The highest BCUT2D eigenvalue weighted by molar-refractivity contribution is 7.98. The summed E-state index contributed by atoms with van der Waals surface area (Å²) in [6, 6.07) is 7.01. The standard InChI is InChI=1S/C18H19N3O4S/c1-4-25-17(22)11-5-6-12-13(9-11)21-18(20-12)26-10-14-16(24-3)15(23-2)7-8-19-14/h5-9H,4,10H2,1-3H3,(H,20,21). The van der Waals surface area contributed by atoms with Gasteiger partial charge in [0.1, 0.15) is 0 Å². The van der Waals surface area contributed by atoms with E-state index in [-0.39, 0.29) is 5.97 Å². The number of hydrogen-bond acceptors (Lipinski definition) is 7. The summed E-state index contributed by atoms with van der Waals surface area (Å²) in [6.45, 7) is 2.12. The molecule has 0 saturated heterocycles. The zero-order chi connectivity index (χ0) is 18.5. The van der Waals surface area contributed by atoms with E-state index in [1.54, 1.807) is 51.6 Å². The van der Waals surface area contributed by atoms with Crippen LogP contribution in [0.3, 0.4) is 0 Å². The van der Waals surface area contributed by atoms with E-state index in [1.165, 1.54) is 11.8 Å². The van der Waals surface area contributed by atoms with E-state index in [9.17, 15) is 4.79 Å². The topological polar surface area (TPSA) is 86.3 Å². The van der Waals surface area contributed by atoms with Crippen molar-refractivity contribution in [3.05, 3.63) is 41.7 Å². The number of imidazole rings is 1. The Bertz CT molecular complexity index is 926. The summed E-state index contributed by atoms with van der Waals surface area (Å²) >= 11 is 1.49. The Morgan fingerprint density at radius 1 is 1.23 bits per heavy atom. The Morgan fingerprint density at radius 2 is 2.08 bits per heavy atom. The number of fused-ring (bicyclic) bond motifs is 1. The molecule has 0 bridgehead atoms. The third kappa shape index (κ3) is 3.75. The number of benzene rings is 1. The molecule has 8 heteroatoms. The van der Waals surface area contributed by atoms with Gasteiger partial charge >= 0.3 is 5.97 Å². The van der Waals surface area contributed by atoms with Gasteiger partial charge < -0.3 is 19.2 Å². The number of rotatable bonds is 7. The number of carbonyl (C=O) groups is 1. The van der Waals surface area contributed by atoms with Crippen LogP contribution in [0.25, 0.3) is 11.0 Å². The van der Waals surface area contributed by atoms with Crippen molar-refractivity contribution in [2.24, 2.45) is 0 Å². The zero-order valence-corrected chi connectivity index (χ0v) is 15.6. The minimum absolute atomic E-state index is 0.344. The molecule has 2 aromatic heterocycles. The average molecular weight is 373 g/mol. The van der Waals surface area contributed by atoms with Gasteiger partial charge in [-0.1, -0.05) is 11.8 Å². The molecule has 3 rings (SSSR count). The Morgan fingerprint density at radius 3 is 2.81 bits per heavy atom. The van der Waals surface area contributed by atoms with Crippen LogP contribution in [0, 0.1) is 0 Å². The number of nitrogens with zero attached hydrogens (tertiary/aromatic N) is 2. The second kappa shape index (κ2) is 8.09. The highest BCUT2D eigenvalue weighted by atomic mass is 32.2. The maximum absolute atomic E-state index is 11.8. The Labute approximate surface area is 155 Å². The fourth-order valence-corrected chi connectivity index (χ4v) is 3.31. The normalized spacial score (nSPS) is 10.7. The molecule has 0 saturated carbocycles. The fraction of sp³-hybridized carbons (Fsp3) is 0.278. The summed E-state index contributed by atoms with van der Waals surface area (Å²) in [4.78, 5) is 23.9. The number of aromatic amines is 1. The predicted molar refractivity (Wildman–Crippen MR) is 99.0 cm³/mol. The van der Waals surface area contributed by atoms with Crippen LogP contribution in [0.2, 0.25) is 0 Å². The summed E-state index contributed by atoms with van der Waals surface area (Å²) < 4.78 is 15.7. The van der Waals surface area contributed by atoms with Gasteiger partial charge in [-0.2, -0.15) is 0 Å². The quantitative estimate of drug-likeness (QED) is 0.501. The predicted octanol–water partition coefficient (Wildman–Crippen LogP) is 3.44. The molecule has 2 heterocycles. The van der Waals surface area contributed by atoms with Gasteiger partial charge in [-0.05, 0) is 25.1 Å². The summed E-state index contributed by atoms with van der Waals surface area (Å²) in [5.74, 6) is 1.47. The first-order valence-electron chi connectivity index (χ1n) is 8.01. The molecule has 0 radical (unpaired) electrons. The number of hydrogen-bond donors (Lipinski definition) is 1. The Kier molecular flexibility index (Phi) is 5.62. The van der Waals surface area contributed by atoms with Crippen molar-refractivity contribution in [3.63, 3.8) is 0 Å². The first kappa shape index (κ1) is 18.1. The number of esters is 1. The summed E-state index contributed by atoms with van der Waals surface area (Å²) in [5, 5.41) is 0.729. The molecular weight excluding hydrogens is 354 g/mol. The summed E-state index contributed by atoms with van der Waals surface area (Å²) in [7, 11) is 3.18. The van der Waals surface area contributed by atoms with Gasteiger partial charge in [0.15, 0.2) is 16.7 Å². The van der Waals surface area contributed by atoms with Gasteiger partial charge in [0, 0.05) is 18.0 Å². The lowest BCUT2D eigenvalue weighted by Crippen LogP contribution is -2.04. The molecule has 1 aromatic carbocycles. The van der Waals surface area contributed by atoms with Crippen LogP contribution < -0.4 is 9.47 Å². The molecule has 0 amide bonds. The maximum Gasteiger partial charge on any atom is 0.338 e. The van der Waals surface area contributed by atoms with Gasteiger partial charge in [0.05, 0.1) is 43.1 Å². The molecule has 136 valence electrons. The number of aromatic nitrogens is 3. The number of ether oxygens (including phenoxy) is 3. The molecular formula is C18H19N3O4S. The largest absolute Gasteiger partial charge is 0.493 e. The fourth-order valence-electron chi connectivity index (χ4n) is 2.49. The van der Waals surface area contributed by atoms with Gasteiger partial charge in [-0.3, -0.25) is 4.98 Å². The van der Waals surface area contributed by atoms with Crippen molar-refractivity contribution in [1.29, 1.82) is 0 Å². The molecule has 0 fully saturated rings. The molecule has 7 nitrogen and oxygen atoms in total. The third-order valence-corrected chi connectivity index (χ3v) is 4.57. The molecule has 3 aromatic rings. The second-order valence-corrected chi connectivity index (χ2v) is 6.24. The Balaban J connectivity index is 1.79. The van der Waals surface area contributed by atoms with Crippen molar-refractivity contribution in [2.75, 3.05) is 20.8 Å². The number of H-pyrrole nitrogens is 1. The minimum Gasteiger partial charge on any atom is -0.493 e. The van der Waals surface area contributed by atoms with Gasteiger partial charge in [0.25, 0.3) is 0 Å². The number of pyridine rings is 1. The SMILES string of the molecule is CCOC(=O)c1ccc2nc(SCc3nccc(OC)c3OC)[nH]c2c1. The van der Waals surface area contributed by atoms with Crippen molar-refractivity contribution in [3.8, 4) is 11.5 Å². The van der Waals surface area contributed by atoms with Crippen LogP contribution in [0.4, 0.5) is 0 Å². The highest BCUT2D eigenvalue weighted by Gasteiger charge is 2.13. The van der Waals surface area contributed by atoms with Crippen molar-refractivity contribution < 1.29 is 19.0 Å². The van der Waals surface area contributed by atoms with E-state index in [2.05, 4.69) is 15.0 Å². The molecule has 0 aliphatic carbocycles. The monoisotopic (exact) mass is 373 g/mol. The highest BCUT2D eigenvalue weighted by Crippen LogP contribution is 2.33. The smallest absolute Gasteiger partial charge is 0.338 e. The Hall–Kier alpha value is -2.74. The molecule has 26 heavy (non-hydrogen) atoms. The lowest BCUT2D eigenvalue weighted by molar-refractivity contribution is 0.0526. The second-order valence-electron chi connectivity index (χ2n) is 5.28. The van der Waals surface area contributed by atoms with E-state index >= 15 is 0 Å². The van der Waals surface area contributed by atoms with Crippen LogP contribution in [0.15, 0.2) is 35.6 Å². The van der Waals surface area contributed by atoms with E-state index < -0.39 is 0 Å². The molecule has 0 spiro atoms. The van der Waals surface area contributed by atoms with Crippen LogP contribution >= 0.6 is 11.8 Å². The summed E-state index contributed by atoms with van der Waals surface area (Å²) in [5.41, 5.74) is 2.83. The van der Waals surface area contributed by atoms with Gasteiger partial charge in [-0.25, -0.2) is 9.78 Å². The third-order valence-electron chi connectivity index (χ3n) is 3.68. The number of thioether (sulfide) groups is 1. The minimum atomic E-state index is -0.344. The van der Waals surface area contributed by atoms with Crippen LogP contribution in [-0.2, 0) is 10.5 Å². The molecule has 0 aliphatic rings. The molecule has 0 aliphatic heterocycles. The van der Waals surface area contributed by atoms with Crippen molar-refractivity contribution in [1.82, 2.24) is 15.0 Å². The summed E-state index contributed by atoms with van der Waals surface area (Å²) in [6.07, 6.45) is 1.68. The average Bonchev–Trinajstić information content (AvgIpc) is 3.08. The number of nitrogens with one attached hydrogen (secondary N) is 1. The van der Waals surface area contributed by atoms with E-state index in [4.69, 9.17) is 14.2 Å². The van der Waals surface area contributed by atoms with Crippen molar-refractivity contribution >= 4 is 28.8 Å². The number of carbonyl (C=O) groups excluding carboxylic acids is 1. The van der Waals surface area contributed by atoms with E-state index in [1.807, 2.05) is 0 Å². The van der Waals surface area contributed by atoms with Crippen LogP contribution in [-0.4, -0.2) is 41.7 Å². The van der Waals surface area contributed by atoms with E-state index in [0.29, 0.717) is 29.4 Å². The van der Waals surface area contributed by atoms with Gasteiger partial charge in [-0.15, -0.1) is 0 Å². The lowest BCUT2D eigenvalue weighted by atomic mass is 10.2. The molecule has 0 unspecified atom stereocenters. The van der Waals surface area contributed by atoms with E-state index in [0.717, 1.165) is 21.9 Å². The van der Waals surface area contributed by atoms with Crippen LogP contribution in [0.5, 0.6) is 11.5 Å². The zero-order valence-electron chi connectivity index (χ0n) is 14.7. The molecule has 0 atom stereocenters. The first-order chi connectivity index (χ1) is 12.7. The van der Waals surface area contributed by atoms with Crippen molar-refractivity contribution in [2.45, 2.75) is 17.8 Å². The van der Waals surface area contributed by atoms with Crippen LogP contribution in [0.1, 0.15) is 23.0 Å². The maximum atomic E-state index is 11.8. The lowest BCUT2D eigenvalue weighted by Gasteiger charge is -2.10. The molecule has 1 N–H and O–H groups in total. The first-order valence-corrected chi connectivity index (χ1v) is 9.00. The van der Waals surface area contributed by atoms with Gasteiger partial charge in [0.2, 0.25) is 0 Å². The number of methoxy groups -OCH3 is 2.